The number of rotatable bonds is 4. The lowest BCUT2D eigenvalue weighted by molar-refractivity contribution is -0.215. The highest BCUT2D eigenvalue weighted by Gasteiger charge is 2.52. The van der Waals surface area contributed by atoms with Crippen LogP contribution in [-0.2, 0) is 4.74 Å². The maximum Gasteiger partial charge on any atom is 0.254 e. The van der Waals surface area contributed by atoms with Gasteiger partial charge in [-0.25, -0.2) is 8.78 Å². The van der Waals surface area contributed by atoms with Crippen LogP contribution in [0.15, 0.2) is 48.5 Å². The molecule has 0 aromatic heterocycles. The van der Waals surface area contributed by atoms with E-state index in [-0.39, 0.29) is 29.5 Å². The van der Waals surface area contributed by atoms with Gasteiger partial charge in [-0.2, -0.15) is 0 Å². The van der Waals surface area contributed by atoms with Gasteiger partial charge in [-0.05, 0) is 69.2 Å². The smallest absolute Gasteiger partial charge is 0.254 e. The molecular weight excluding hydrogens is 400 g/mol. The number of fused-ring (bicyclic) bond motifs is 2. The molecule has 2 N–H and O–H groups in total. The lowest BCUT2D eigenvalue weighted by Crippen LogP contribution is -2.54. The standard InChI is InChI=1S/C25H29F2NO3/c1-24-11-10-17(15-28-23(30)20-12-19(26)8-9-21(20)27)22(29)25(2,31-24)14-18(13-24)16-6-4-3-5-7-16/h3-9,12,17-18,22,29H,10-11,13-15H2,1-2H3,(H,28,30)/t17-,18-,22-,24-,25-/m0/s1. The molecule has 0 aliphatic carbocycles. The topological polar surface area (TPSA) is 58.6 Å². The number of carbonyl (C=O) groups excluding carboxylic acids is 1. The van der Waals surface area contributed by atoms with Gasteiger partial charge in [-0.3, -0.25) is 4.79 Å². The number of amides is 1. The van der Waals surface area contributed by atoms with Crippen molar-refractivity contribution < 1.29 is 23.4 Å². The highest BCUT2D eigenvalue weighted by Crippen LogP contribution is 2.50. The fraction of sp³-hybridized carbons (Fsp3) is 0.480. The van der Waals surface area contributed by atoms with E-state index in [1.165, 1.54) is 5.56 Å². The maximum atomic E-state index is 13.9. The zero-order valence-electron chi connectivity index (χ0n) is 17.9. The Labute approximate surface area is 181 Å². The number of benzene rings is 2. The molecule has 2 aromatic rings. The second kappa shape index (κ2) is 8.32. The first-order valence-corrected chi connectivity index (χ1v) is 10.9. The monoisotopic (exact) mass is 429 g/mol. The molecule has 2 bridgehead atoms. The van der Waals surface area contributed by atoms with Gasteiger partial charge < -0.3 is 15.2 Å². The van der Waals surface area contributed by atoms with E-state index >= 15 is 0 Å². The highest BCUT2D eigenvalue weighted by molar-refractivity contribution is 5.94. The summed E-state index contributed by atoms with van der Waals surface area (Å²) in [6, 6.07) is 13.1. The lowest BCUT2D eigenvalue weighted by atomic mass is 9.74. The summed E-state index contributed by atoms with van der Waals surface area (Å²) in [6.45, 7) is 4.20. The third-order valence-electron chi connectivity index (χ3n) is 6.89. The van der Waals surface area contributed by atoms with Crippen LogP contribution in [0.5, 0.6) is 0 Å². The summed E-state index contributed by atoms with van der Waals surface area (Å²) in [5.74, 6) is -2.10. The lowest BCUT2D eigenvalue weighted by Gasteiger charge is -2.49. The fourth-order valence-corrected chi connectivity index (χ4v) is 5.38. The average Bonchev–Trinajstić information content (AvgIpc) is 2.81. The number of ether oxygens (including phenoxy) is 1. The molecule has 31 heavy (non-hydrogen) atoms. The second-order valence-corrected chi connectivity index (χ2v) is 9.46. The molecule has 6 heteroatoms. The molecule has 4 nitrogen and oxygen atoms in total. The quantitative estimate of drug-likeness (QED) is 0.748. The SMILES string of the molecule is C[C@]12CC[C@@H](CNC(=O)c3cc(F)ccc3F)[C@H](O)[C@](C)(C[C@@H](c3ccccc3)C1)O2. The van der Waals surface area contributed by atoms with Crippen LogP contribution in [-0.4, -0.2) is 34.9 Å². The molecule has 2 heterocycles. The molecule has 0 spiro atoms. The summed E-state index contributed by atoms with van der Waals surface area (Å²) in [5.41, 5.74) is -0.227. The van der Waals surface area contributed by atoms with Gasteiger partial charge in [0.25, 0.3) is 5.91 Å². The Morgan fingerprint density at radius 3 is 2.65 bits per heavy atom. The van der Waals surface area contributed by atoms with E-state index in [0.717, 1.165) is 31.0 Å². The summed E-state index contributed by atoms with van der Waals surface area (Å²) < 4.78 is 33.8. The molecule has 0 saturated carbocycles. The van der Waals surface area contributed by atoms with Crippen LogP contribution in [0.4, 0.5) is 8.78 Å². The van der Waals surface area contributed by atoms with E-state index in [4.69, 9.17) is 4.74 Å². The number of hydrogen-bond acceptors (Lipinski definition) is 3. The van der Waals surface area contributed by atoms with Gasteiger partial charge in [-0.15, -0.1) is 0 Å². The van der Waals surface area contributed by atoms with Crippen LogP contribution in [0.1, 0.15) is 61.4 Å². The Hall–Kier alpha value is -2.31. The molecule has 0 radical (unpaired) electrons. The average molecular weight is 430 g/mol. The van der Waals surface area contributed by atoms with Gasteiger partial charge in [0.1, 0.15) is 11.6 Å². The molecule has 0 unspecified atom stereocenters. The predicted molar refractivity (Wildman–Crippen MR) is 114 cm³/mol. The van der Waals surface area contributed by atoms with Crippen molar-refractivity contribution in [1.82, 2.24) is 5.32 Å². The first-order valence-electron chi connectivity index (χ1n) is 10.9. The molecule has 2 aromatic carbocycles. The van der Waals surface area contributed by atoms with Crippen LogP contribution in [0, 0.1) is 17.6 Å². The number of carbonyl (C=O) groups is 1. The van der Waals surface area contributed by atoms with Gasteiger partial charge in [0.15, 0.2) is 0 Å². The van der Waals surface area contributed by atoms with Crippen molar-refractivity contribution in [3.8, 4) is 0 Å². The maximum absolute atomic E-state index is 13.9. The predicted octanol–water partition coefficient (Wildman–Crippen LogP) is 4.58. The Kier molecular flexibility index (Phi) is 5.88. The number of halogens is 2. The summed E-state index contributed by atoms with van der Waals surface area (Å²) in [7, 11) is 0. The number of hydrogen-bond donors (Lipinski definition) is 2. The van der Waals surface area contributed by atoms with Gasteiger partial charge in [0.2, 0.25) is 0 Å². The van der Waals surface area contributed by atoms with Crippen LogP contribution >= 0.6 is 0 Å². The van der Waals surface area contributed by atoms with Crippen LogP contribution in [0.25, 0.3) is 0 Å². The third kappa shape index (κ3) is 4.51. The van der Waals surface area contributed by atoms with Crippen molar-refractivity contribution in [2.24, 2.45) is 5.92 Å². The second-order valence-electron chi connectivity index (χ2n) is 9.46. The molecule has 1 amide bonds. The van der Waals surface area contributed by atoms with Gasteiger partial charge >= 0.3 is 0 Å². The van der Waals surface area contributed by atoms with Crippen molar-refractivity contribution in [3.63, 3.8) is 0 Å². The van der Waals surface area contributed by atoms with Gasteiger partial charge in [0, 0.05) is 12.5 Å². The van der Waals surface area contributed by atoms with E-state index in [1.54, 1.807) is 0 Å². The molecule has 2 saturated heterocycles. The molecule has 2 aliphatic heterocycles. The number of aliphatic hydroxyl groups is 1. The molecule has 4 rings (SSSR count). The van der Waals surface area contributed by atoms with Crippen molar-refractivity contribution in [2.45, 2.75) is 62.8 Å². The Balaban J connectivity index is 1.50. The van der Waals surface area contributed by atoms with Crippen molar-refractivity contribution in [1.29, 1.82) is 0 Å². The summed E-state index contributed by atoms with van der Waals surface area (Å²) in [6.07, 6.45) is 2.17. The molecular formula is C25H29F2NO3. The largest absolute Gasteiger partial charge is 0.390 e. The summed E-state index contributed by atoms with van der Waals surface area (Å²) >= 11 is 0. The number of aliphatic hydroxyl groups excluding tert-OH is 1. The van der Waals surface area contributed by atoms with Crippen molar-refractivity contribution in [2.75, 3.05) is 6.54 Å². The normalized spacial score (nSPS) is 32.9. The van der Waals surface area contributed by atoms with E-state index in [9.17, 15) is 18.7 Å². The minimum atomic E-state index is -0.793. The molecule has 5 atom stereocenters. The minimum absolute atomic E-state index is 0.168. The zero-order chi connectivity index (χ0) is 22.2. The molecule has 166 valence electrons. The summed E-state index contributed by atoms with van der Waals surface area (Å²) in [5, 5.41) is 14.0. The molecule has 2 aliphatic rings. The van der Waals surface area contributed by atoms with Crippen molar-refractivity contribution in [3.05, 3.63) is 71.3 Å². The first kappa shape index (κ1) is 21.9. The Morgan fingerprint density at radius 1 is 1.16 bits per heavy atom. The summed E-state index contributed by atoms with van der Waals surface area (Å²) in [4.78, 5) is 12.4. The van der Waals surface area contributed by atoms with Crippen LogP contribution in [0.2, 0.25) is 0 Å². The third-order valence-corrected chi connectivity index (χ3v) is 6.89. The Morgan fingerprint density at radius 2 is 1.90 bits per heavy atom. The fourth-order valence-electron chi connectivity index (χ4n) is 5.38. The van der Waals surface area contributed by atoms with Crippen LogP contribution in [0.3, 0.4) is 0 Å². The van der Waals surface area contributed by atoms with E-state index in [1.807, 2.05) is 25.1 Å². The van der Waals surface area contributed by atoms with Gasteiger partial charge in [0.05, 0.1) is 22.9 Å². The number of nitrogens with one attached hydrogen (secondary N) is 1. The van der Waals surface area contributed by atoms with E-state index in [0.29, 0.717) is 12.8 Å². The highest BCUT2D eigenvalue weighted by atomic mass is 19.1. The zero-order valence-corrected chi connectivity index (χ0v) is 17.9. The van der Waals surface area contributed by atoms with Crippen molar-refractivity contribution >= 4 is 5.91 Å². The minimum Gasteiger partial charge on any atom is -0.390 e. The van der Waals surface area contributed by atoms with E-state index < -0.39 is 29.2 Å². The first-order chi connectivity index (χ1) is 14.7. The Bertz CT molecular complexity index is 953. The van der Waals surface area contributed by atoms with Gasteiger partial charge in [-0.1, -0.05) is 30.3 Å². The molecule has 2 fully saturated rings. The van der Waals surface area contributed by atoms with E-state index in [2.05, 4.69) is 24.4 Å². The van der Waals surface area contributed by atoms with Crippen LogP contribution < -0.4 is 5.32 Å².